The number of benzene rings is 1. The van der Waals surface area contributed by atoms with E-state index < -0.39 is 23.4 Å². The van der Waals surface area contributed by atoms with Crippen molar-refractivity contribution in [2.24, 2.45) is 0 Å². The monoisotopic (exact) mass is 367 g/mol. The first-order chi connectivity index (χ1) is 12.1. The van der Waals surface area contributed by atoms with E-state index in [4.69, 9.17) is 5.11 Å². The zero-order valence-corrected chi connectivity index (χ0v) is 13.8. The molecule has 0 atom stereocenters. The number of carbonyl (C=O) groups excluding carboxylic acids is 1. The molecule has 1 saturated carbocycles. The Bertz CT molecular complexity index is 852. The molecule has 138 valence electrons. The fourth-order valence-corrected chi connectivity index (χ4v) is 2.91. The number of carbonyl (C=O) groups is 2. The molecule has 6 nitrogen and oxygen atoms in total. The molecular weight excluding hydrogens is 351 g/mol. The van der Waals surface area contributed by atoms with Crippen LogP contribution in [0.15, 0.2) is 30.5 Å². The molecule has 1 aromatic carbocycles. The van der Waals surface area contributed by atoms with E-state index in [1.807, 2.05) is 6.92 Å². The Balaban J connectivity index is 1.89. The van der Waals surface area contributed by atoms with E-state index in [9.17, 15) is 22.8 Å². The standard InChI is InChI=1S/C17H16F3N3O3/c1-16(7-2-8-16)22-14(24)10-3-5-11(6-4-10)23-13(17(18,19)20)12(9-21-23)15(25)26/h3-6,9H,2,7-8H2,1H3,(H,22,24)(H,25,26). The van der Waals surface area contributed by atoms with Gasteiger partial charge in [0.1, 0.15) is 5.56 Å². The number of alkyl halides is 3. The highest BCUT2D eigenvalue weighted by molar-refractivity contribution is 5.95. The molecule has 0 bridgehead atoms. The van der Waals surface area contributed by atoms with Crippen LogP contribution in [0.1, 0.15) is 52.6 Å². The molecule has 1 aromatic heterocycles. The van der Waals surface area contributed by atoms with Crippen molar-refractivity contribution in [1.82, 2.24) is 15.1 Å². The first-order valence-electron chi connectivity index (χ1n) is 7.92. The lowest BCUT2D eigenvalue weighted by Crippen LogP contribution is -2.50. The fraction of sp³-hybridized carbons (Fsp3) is 0.353. The zero-order valence-electron chi connectivity index (χ0n) is 13.8. The largest absolute Gasteiger partial charge is 0.478 e. The van der Waals surface area contributed by atoms with Crippen molar-refractivity contribution in [3.63, 3.8) is 0 Å². The Morgan fingerprint density at radius 3 is 2.31 bits per heavy atom. The van der Waals surface area contributed by atoms with Crippen LogP contribution in [0.3, 0.4) is 0 Å². The Hall–Kier alpha value is -2.84. The van der Waals surface area contributed by atoms with Crippen LogP contribution >= 0.6 is 0 Å². The minimum atomic E-state index is -4.89. The van der Waals surface area contributed by atoms with E-state index in [1.165, 1.54) is 24.3 Å². The number of aromatic nitrogens is 2. The third-order valence-electron chi connectivity index (χ3n) is 4.51. The van der Waals surface area contributed by atoms with Crippen molar-refractivity contribution in [3.05, 3.63) is 47.3 Å². The van der Waals surface area contributed by atoms with Crippen molar-refractivity contribution >= 4 is 11.9 Å². The van der Waals surface area contributed by atoms with Gasteiger partial charge in [0.2, 0.25) is 0 Å². The highest BCUT2D eigenvalue weighted by Gasteiger charge is 2.40. The number of nitrogens with zero attached hydrogens (tertiary/aromatic N) is 2. The van der Waals surface area contributed by atoms with Crippen LogP contribution < -0.4 is 5.32 Å². The maximum Gasteiger partial charge on any atom is 0.434 e. The van der Waals surface area contributed by atoms with Crippen molar-refractivity contribution in [3.8, 4) is 5.69 Å². The molecule has 2 N–H and O–H groups in total. The lowest BCUT2D eigenvalue weighted by molar-refractivity contribution is -0.143. The number of amides is 1. The van der Waals surface area contributed by atoms with Gasteiger partial charge >= 0.3 is 12.1 Å². The van der Waals surface area contributed by atoms with E-state index in [-0.39, 0.29) is 17.1 Å². The van der Waals surface area contributed by atoms with Crippen molar-refractivity contribution in [1.29, 1.82) is 0 Å². The van der Waals surface area contributed by atoms with Crippen LogP contribution in [-0.2, 0) is 6.18 Å². The first kappa shape index (κ1) is 18.0. The number of rotatable bonds is 4. The SMILES string of the molecule is CC1(NC(=O)c2ccc(-n3ncc(C(=O)O)c3C(F)(F)F)cc2)CCC1. The predicted octanol–water partition coefficient (Wildman–Crippen LogP) is 3.26. The van der Waals surface area contributed by atoms with E-state index in [1.54, 1.807) is 0 Å². The Kier molecular flexibility index (Phi) is 4.25. The first-order valence-corrected chi connectivity index (χ1v) is 7.92. The number of halogens is 3. The van der Waals surface area contributed by atoms with E-state index in [0.717, 1.165) is 19.3 Å². The summed E-state index contributed by atoms with van der Waals surface area (Å²) >= 11 is 0. The molecule has 1 fully saturated rings. The highest BCUT2D eigenvalue weighted by atomic mass is 19.4. The van der Waals surface area contributed by atoms with Gasteiger partial charge in [-0.2, -0.15) is 18.3 Å². The molecule has 0 saturated heterocycles. The van der Waals surface area contributed by atoms with Crippen LogP contribution in [0, 0.1) is 0 Å². The molecule has 9 heteroatoms. The minimum Gasteiger partial charge on any atom is -0.478 e. The second-order valence-electron chi connectivity index (χ2n) is 6.54. The summed E-state index contributed by atoms with van der Waals surface area (Å²) < 4.78 is 40.2. The molecule has 1 heterocycles. The van der Waals surface area contributed by atoms with Gasteiger partial charge in [-0.1, -0.05) is 0 Å². The summed E-state index contributed by atoms with van der Waals surface area (Å²) in [5.74, 6) is -2.02. The quantitative estimate of drug-likeness (QED) is 0.869. The third kappa shape index (κ3) is 3.29. The summed E-state index contributed by atoms with van der Waals surface area (Å²) in [5, 5.41) is 15.4. The average Bonchev–Trinajstić information content (AvgIpc) is 2.99. The fourth-order valence-electron chi connectivity index (χ4n) is 2.91. The molecule has 0 unspecified atom stereocenters. The van der Waals surface area contributed by atoms with Crippen LogP contribution in [0.4, 0.5) is 13.2 Å². The Labute approximate surface area is 146 Å². The number of nitrogens with one attached hydrogen (secondary N) is 1. The maximum atomic E-state index is 13.2. The summed E-state index contributed by atoms with van der Waals surface area (Å²) in [5.41, 5.74) is -2.23. The van der Waals surface area contributed by atoms with E-state index in [0.29, 0.717) is 16.4 Å². The van der Waals surface area contributed by atoms with Crippen molar-refractivity contribution < 1.29 is 27.9 Å². The van der Waals surface area contributed by atoms with Gasteiger partial charge in [-0.15, -0.1) is 0 Å². The van der Waals surface area contributed by atoms with Crippen LogP contribution in [0.5, 0.6) is 0 Å². The molecule has 1 amide bonds. The van der Waals surface area contributed by atoms with E-state index in [2.05, 4.69) is 10.4 Å². The molecule has 3 rings (SSSR count). The molecule has 1 aliphatic carbocycles. The van der Waals surface area contributed by atoms with Gasteiger partial charge in [-0.05, 0) is 50.5 Å². The van der Waals surface area contributed by atoms with Gasteiger partial charge in [0.15, 0.2) is 5.69 Å². The summed E-state index contributed by atoms with van der Waals surface area (Å²) in [6.07, 6.45) is -1.42. The summed E-state index contributed by atoms with van der Waals surface area (Å²) in [4.78, 5) is 23.2. The van der Waals surface area contributed by atoms with Crippen LogP contribution in [0.2, 0.25) is 0 Å². The van der Waals surface area contributed by atoms with Crippen molar-refractivity contribution in [2.75, 3.05) is 0 Å². The second kappa shape index (κ2) is 6.15. The third-order valence-corrected chi connectivity index (χ3v) is 4.51. The smallest absolute Gasteiger partial charge is 0.434 e. The summed E-state index contributed by atoms with van der Waals surface area (Å²) in [6.45, 7) is 1.94. The molecule has 2 aromatic rings. The molecular formula is C17H16F3N3O3. The van der Waals surface area contributed by atoms with E-state index >= 15 is 0 Å². The summed E-state index contributed by atoms with van der Waals surface area (Å²) in [6, 6.07) is 5.36. The van der Waals surface area contributed by atoms with Crippen LogP contribution in [-0.4, -0.2) is 32.3 Å². The zero-order chi connectivity index (χ0) is 19.1. The second-order valence-corrected chi connectivity index (χ2v) is 6.54. The number of carboxylic acid groups (broad SMARTS) is 1. The average molecular weight is 367 g/mol. The molecule has 0 aliphatic heterocycles. The minimum absolute atomic E-state index is 0.0104. The van der Waals surface area contributed by atoms with Crippen LogP contribution in [0.25, 0.3) is 5.69 Å². The molecule has 26 heavy (non-hydrogen) atoms. The summed E-state index contributed by atoms with van der Waals surface area (Å²) in [7, 11) is 0. The predicted molar refractivity (Wildman–Crippen MR) is 85.2 cm³/mol. The van der Waals surface area contributed by atoms with Gasteiger partial charge in [0.25, 0.3) is 5.91 Å². The van der Waals surface area contributed by atoms with Crippen molar-refractivity contribution in [2.45, 2.75) is 37.9 Å². The number of hydrogen-bond acceptors (Lipinski definition) is 3. The van der Waals surface area contributed by atoms with Gasteiger partial charge in [-0.3, -0.25) is 4.79 Å². The molecule has 1 aliphatic rings. The number of aromatic carboxylic acids is 1. The molecule has 0 spiro atoms. The Morgan fingerprint density at radius 1 is 1.23 bits per heavy atom. The number of hydrogen-bond donors (Lipinski definition) is 2. The lowest BCUT2D eigenvalue weighted by Gasteiger charge is -2.39. The maximum absolute atomic E-state index is 13.2. The Morgan fingerprint density at radius 2 is 1.85 bits per heavy atom. The van der Waals surface area contributed by atoms with Gasteiger partial charge in [0.05, 0.1) is 11.9 Å². The topological polar surface area (TPSA) is 84.2 Å². The molecule has 0 radical (unpaired) electrons. The lowest BCUT2D eigenvalue weighted by atomic mass is 9.78. The van der Waals surface area contributed by atoms with Gasteiger partial charge < -0.3 is 10.4 Å². The normalized spacial score (nSPS) is 16.0. The highest BCUT2D eigenvalue weighted by Crippen LogP contribution is 2.34. The van der Waals surface area contributed by atoms with Gasteiger partial charge in [-0.25, -0.2) is 9.48 Å². The number of carboxylic acids is 1. The van der Waals surface area contributed by atoms with Gasteiger partial charge in [0, 0.05) is 11.1 Å².